The minimum absolute atomic E-state index is 0.641. The number of hydrogen-bond acceptors (Lipinski definition) is 3. The Labute approximate surface area is 109 Å². The van der Waals surface area contributed by atoms with Crippen LogP contribution >= 0.6 is 0 Å². The van der Waals surface area contributed by atoms with Gasteiger partial charge >= 0.3 is 0 Å². The Morgan fingerprint density at radius 1 is 1.33 bits per heavy atom. The highest BCUT2D eigenvalue weighted by Crippen LogP contribution is 2.22. The van der Waals surface area contributed by atoms with Crippen LogP contribution in [0, 0.1) is 12.8 Å². The van der Waals surface area contributed by atoms with Gasteiger partial charge in [0.1, 0.15) is 5.75 Å². The van der Waals surface area contributed by atoms with Crippen LogP contribution < -0.4 is 10.1 Å². The summed E-state index contributed by atoms with van der Waals surface area (Å²) in [7, 11) is 1.96. The Balaban J connectivity index is 1.94. The molecule has 0 aromatic heterocycles. The quantitative estimate of drug-likeness (QED) is 0.870. The van der Waals surface area contributed by atoms with E-state index in [1.165, 1.54) is 11.1 Å². The highest BCUT2D eigenvalue weighted by molar-refractivity contribution is 5.36. The third-order valence-corrected chi connectivity index (χ3v) is 3.40. The van der Waals surface area contributed by atoms with Crippen molar-refractivity contribution in [3.63, 3.8) is 0 Å². The van der Waals surface area contributed by atoms with Crippen LogP contribution in [0.2, 0.25) is 0 Å². The first-order valence-electron chi connectivity index (χ1n) is 6.74. The van der Waals surface area contributed by atoms with Gasteiger partial charge < -0.3 is 14.8 Å². The van der Waals surface area contributed by atoms with E-state index in [2.05, 4.69) is 30.4 Å². The van der Waals surface area contributed by atoms with Crippen LogP contribution in [0.3, 0.4) is 0 Å². The molecule has 0 amide bonds. The molecule has 1 aliphatic rings. The van der Waals surface area contributed by atoms with Crippen molar-refractivity contribution in [1.82, 2.24) is 5.32 Å². The third-order valence-electron chi connectivity index (χ3n) is 3.40. The lowest BCUT2D eigenvalue weighted by Crippen LogP contribution is -2.22. The number of hydrogen-bond donors (Lipinski definition) is 1. The molecular weight excluding hydrogens is 226 g/mol. The predicted octanol–water partition coefficient (Wildman–Crippen LogP) is 2.52. The lowest BCUT2D eigenvalue weighted by Gasteiger charge is -2.23. The second kappa shape index (κ2) is 6.76. The van der Waals surface area contributed by atoms with Crippen molar-refractivity contribution in [1.29, 1.82) is 0 Å². The third kappa shape index (κ3) is 3.72. The maximum absolute atomic E-state index is 5.99. The smallest absolute Gasteiger partial charge is 0.123 e. The Morgan fingerprint density at radius 2 is 2.11 bits per heavy atom. The van der Waals surface area contributed by atoms with E-state index in [-0.39, 0.29) is 0 Å². The van der Waals surface area contributed by atoms with Gasteiger partial charge in [-0.3, -0.25) is 0 Å². The molecule has 1 aliphatic heterocycles. The van der Waals surface area contributed by atoms with Gasteiger partial charge in [0.2, 0.25) is 0 Å². The first kappa shape index (κ1) is 13.4. The molecule has 0 radical (unpaired) electrons. The van der Waals surface area contributed by atoms with Gasteiger partial charge in [-0.05, 0) is 38.8 Å². The second-order valence-electron chi connectivity index (χ2n) is 5.01. The molecule has 1 N–H and O–H groups in total. The van der Waals surface area contributed by atoms with Crippen LogP contribution in [0.15, 0.2) is 18.2 Å². The van der Waals surface area contributed by atoms with Crippen LogP contribution in [0.4, 0.5) is 0 Å². The first-order chi connectivity index (χ1) is 8.79. The second-order valence-corrected chi connectivity index (χ2v) is 5.01. The standard InChI is InChI=1S/C15H23NO2/c1-12-3-4-15(14(9-12)10-16-2)18-11-13-5-7-17-8-6-13/h3-4,9,13,16H,5-8,10-11H2,1-2H3. The van der Waals surface area contributed by atoms with E-state index in [0.717, 1.165) is 45.0 Å². The van der Waals surface area contributed by atoms with Crippen molar-refractivity contribution in [2.24, 2.45) is 5.92 Å². The van der Waals surface area contributed by atoms with E-state index in [1.807, 2.05) is 7.05 Å². The van der Waals surface area contributed by atoms with Crippen molar-refractivity contribution < 1.29 is 9.47 Å². The van der Waals surface area contributed by atoms with Gasteiger partial charge in [0.15, 0.2) is 0 Å². The maximum atomic E-state index is 5.99. The lowest BCUT2D eigenvalue weighted by molar-refractivity contribution is 0.0496. The van der Waals surface area contributed by atoms with E-state index in [9.17, 15) is 0 Å². The van der Waals surface area contributed by atoms with Crippen molar-refractivity contribution >= 4 is 0 Å². The van der Waals surface area contributed by atoms with Crippen LogP contribution in [-0.4, -0.2) is 26.9 Å². The summed E-state index contributed by atoms with van der Waals surface area (Å²) in [5, 5.41) is 3.19. The minimum atomic E-state index is 0.641. The molecule has 0 saturated carbocycles. The van der Waals surface area contributed by atoms with Gasteiger partial charge in [0.25, 0.3) is 0 Å². The fraction of sp³-hybridized carbons (Fsp3) is 0.600. The van der Waals surface area contributed by atoms with E-state index in [0.29, 0.717) is 5.92 Å². The molecule has 3 nitrogen and oxygen atoms in total. The van der Waals surface area contributed by atoms with Gasteiger partial charge in [0.05, 0.1) is 6.61 Å². The molecule has 1 heterocycles. The Morgan fingerprint density at radius 3 is 2.83 bits per heavy atom. The fourth-order valence-corrected chi connectivity index (χ4v) is 2.30. The molecule has 1 aromatic rings. The predicted molar refractivity (Wildman–Crippen MR) is 73.0 cm³/mol. The summed E-state index contributed by atoms with van der Waals surface area (Å²) in [5.74, 6) is 1.66. The summed E-state index contributed by atoms with van der Waals surface area (Å²) < 4.78 is 11.4. The van der Waals surface area contributed by atoms with Gasteiger partial charge in [-0.1, -0.05) is 17.7 Å². The van der Waals surface area contributed by atoms with E-state index in [4.69, 9.17) is 9.47 Å². The average Bonchev–Trinajstić information content (AvgIpc) is 2.39. The van der Waals surface area contributed by atoms with Crippen LogP contribution in [-0.2, 0) is 11.3 Å². The summed E-state index contributed by atoms with van der Waals surface area (Å²) in [4.78, 5) is 0. The summed E-state index contributed by atoms with van der Waals surface area (Å²) in [5.41, 5.74) is 2.52. The first-order valence-corrected chi connectivity index (χ1v) is 6.74. The zero-order valence-corrected chi connectivity index (χ0v) is 11.4. The van der Waals surface area contributed by atoms with Crippen LogP contribution in [0.5, 0.6) is 5.75 Å². The molecule has 0 aliphatic carbocycles. The summed E-state index contributed by atoms with van der Waals surface area (Å²) >= 11 is 0. The molecule has 0 bridgehead atoms. The Kier molecular flexibility index (Phi) is 5.02. The zero-order valence-electron chi connectivity index (χ0n) is 11.4. The highest BCUT2D eigenvalue weighted by Gasteiger charge is 2.15. The molecular formula is C15H23NO2. The number of rotatable bonds is 5. The summed E-state index contributed by atoms with van der Waals surface area (Å²) in [6, 6.07) is 6.38. The fourth-order valence-electron chi connectivity index (χ4n) is 2.30. The van der Waals surface area contributed by atoms with Gasteiger partial charge in [-0.25, -0.2) is 0 Å². The highest BCUT2D eigenvalue weighted by atomic mass is 16.5. The lowest BCUT2D eigenvalue weighted by atomic mass is 10.0. The SMILES string of the molecule is CNCc1cc(C)ccc1OCC1CCOCC1. The minimum Gasteiger partial charge on any atom is -0.493 e. The number of aryl methyl sites for hydroxylation is 1. The number of benzene rings is 1. The van der Waals surface area contributed by atoms with Gasteiger partial charge in [-0.15, -0.1) is 0 Å². The van der Waals surface area contributed by atoms with Crippen molar-refractivity contribution in [3.05, 3.63) is 29.3 Å². The van der Waals surface area contributed by atoms with Crippen LogP contribution in [0.1, 0.15) is 24.0 Å². The van der Waals surface area contributed by atoms with Gasteiger partial charge in [0, 0.05) is 25.3 Å². The van der Waals surface area contributed by atoms with Crippen molar-refractivity contribution in [2.75, 3.05) is 26.9 Å². The number of nitrogens with one attached hydrogen (secondary N) is 1. The topological polar surface area (TPSA) is 30.5 Å². The molecule has 0 atom stereocenters. The molecule has 18 heavy (non-hydrogen) atoms. The van der Waals surface area contributed by atoms with E-state index in [1.54, 1.807) is 0 Å². The molecule has 1 fully saturated rings. The van der Waals surface area contributed by atoms with Crippen molar-refractivity contribution in [2.45, 2.75) is 26.3 Å². The molecule has 100 valence electrons. The normalized spacial score (nSPS) is 16.8. The van der Waals surface area contributed by atoms with Crippen LogP contribution in [0.25, 0.3) is 0 Å². The Bertz CT molecular complexity index is 373. The van der Waals surface area contributed by atoms with Crippen molar-refractivity contribution in [3.8, 4) is 5.75 Å². The molecule has 0 unspecified atom stereocenters. The summed E-state index contributed by atoms with van der Waals surface area (Å²) in [6.07, 6.45) is 2.24. The van der Waals surface area contributed by atoms with E-state index >= 15 is 0 Å². The molecule has 0 spiro atoms. The molecule has 2 rings (SSSR count). The number of ether oxygens (including phenoxy) is 2. The molecule has 1 aromatic carbocycles. The Hall–Kier alpha value is -1.06. The average molecular weight is 249 g/mol. The summed E-state index contributed by atoms with van der Waals surface area (Å²) in [6.45, 7) is 5.53. The largest absolute Gasteiger partial charge is 0.493 e. The zero-order chi connectivity index (χ0) is 12.8. The molecule has 3 heteroatoms. The van der Waals surface area contributed by atoms with E-state index < -0.39 is 0 Å². The molecule has 1 saturated heterocycles. The van der Waals surface area contributed by atoms with Gasteiger partial charge in [-0.2, -0.15) is 0 Å². The monoisotopic (exact) mass is 249 g/mol. The maximum Gasteiger partial charge on any atom is 0.123 e.